The van der Waals surface area contributed by atoms with Gasteiger partial charge in [-0.15, -0.1) is 0 Å². The predicted octanol–water partition coefficient (Wildman–Crippen LogP) is 7.85. The summed E-state index contributed by atoms with van der Waals surface area (Å²) in [6.45, 7) is 14.2. The van der Waals surface area contributed by atoms with Crippen molar-refractivity contribution in [1.29, 1.82) is 0 Å². The molecule has 0 unspecified atom stereocenters. The molecule has 0 saturated heterocycles. The van der Waals surface area contributed by atoms with Crippen molar-refractivity contribution in [2.24, 2.45) is 16.0 Å². The monoisotopic (exact) mass is 1690 g/mol. The third-order valence-corrected chi connectivity index (χ3v) is 13.5. The summed E-state index contributed by atoms with van der Waals surface area (Å²) in [5, 5.41) is 117. The number of Topliss-reactive ketones (excluding diaryl/α,β-unsaturated/α-hetero) is 1. The summed E-state index contributed by atoms with van der Waals surface area (Å²) < 4.78 is 29.2. The molecule has 4 aromatic heterocycles. The number of rotatable bonds is 20. The summed E-state index contributed by atoms with van der Waals surface area (Å²) in [4.78, 5) is 126. The Morgan fingerprint density at radius 2 is 0.868 bits per heavy atom. The van der Waals surface area contributed by atoms with Crippen molar-refractivity contribution in [3.05, 3.63) is 229 Å². The van der Waals surface area contributed by atoms with E-state index >= 15 is 0 Å². The molecule has 10 rings (SSSR count). The summed E-state index contributed by atoms with van der Waals surface area (Å²) >= 11 is 0. The van der Waals surface area contributed by atoms with Crippen LogP contribution in [0.5, 0.6) is 0 Å². The number of oxime groups is 2. The Bertz CT molecular complexity index is 5100. The molecule has 0 fully saturated rings. The Hall–Kier alpha value is -14.5. The van der Waals surface area contributed by atoms with Gasteiger partial charge in [-0.1, -0.05) is 104 Å². The number of carbonyl (C=O) groups is 5. The van der Waals surface area contributed by atoms with E-state index < -0.39 is 65.7 Å². The third kappa shape index (κ3) is 36.7. The van der Waals surface area contributed by atoms with E-state index in [2.05, 4.69) is 55.6 Å². The number of benzene rings is 6. The number of aliphatic hydroxyl groups excluding tert-OH is 2. The molecule has 1 amide bonds. The fourth-order valence-electron chi connectivity index (χ4n) is 8.46. The van der Waals surface area contributed by atoms with Crippen molar-refractivity contribution in [3.8, 4) is 45.8 Å². The van der Waals surface area contributed by atoms with E-state index in [-0.39, 0.29) is 165 Å². The molecule has 3 radical (unpaired) electrons. The van der Waals surface area contributed by atoms with Crippen LogP contribution in [-0.2, 0) is 38.8 Å². The minimum atomic E-state index is -1.28. The normalized spacial score (nSPS) is 9.95. The zero-order chi connectivity index (χ0) is 86.3. The summed E-state index contributed by atoms with van der Waals surface area (Å²) in [6.07, 6.45) is 0. The first-order valence-corrected chi connectivity index (χ1v) is 32.9. The molecule has 0 aliphatic carbocycles. The van der Waals surface area contributed by atoms with Crippen LogP contribution in [0.1, 0.15) is 130 Å². The zero-order valence-corrected chi connectivity index (χ0v) is 64.9. The molecule has 0 bridgehead atoms. The van der Waals surface area contributed by atoms with Crippen molar-refractivity contribution in [3.63, 3.8) is 0 Å². The Morgan fingerprint density at radius 3 is 1.25 bits per heavy atom. The van der Waals surface area contributed by atoms with Gasteiger partial charge in [0.25, 0.3) is 69.6 Å². The number of nitrogens with zero attached hydrogens (tertiary/aromatic N) is 17. The Kier molecular flexibility index (Phi) is 52.9. The number of esters is 2. The first-order chi connectivity index (χ1) is 54.4. The number of nitrogens with two attached hydrogens (primary N) is 2. The number of nitro groups is 5. The number of aromatic carboxylic acids is 1. The molecule has 4 heterocycles. The van der Waals surface area contributed by atoms with E-state index in [1.54, 1.807) is 84.0 Å². The van der Waals surface area contributed by atoms with E-state index in [9.17, 15) is 74.5 Å². The molecule has 0 spiro atoms. The first-order valence-electron chi connectivity index (χ1n) is 32.9. The van der Waals surface area contributed by atoms with Crippen LogP contribution in [0.2, 0.25) is 0 Å². The second kappa shape index (κ2) is 56.7. The number of aliphatic hydroxyl groups is 2. The zero-order valence-electron chi connectivity index (χ0n) is 65.9. The summed E-state index contributed by atoms with van der Waals surface area (Å²) in [6, 6.07) is 30.7. The average molecular weight is 1690 g/mol. The maximum atomic E-state index is 12.0. The number of carboxylic acid groups (broad SMARTS) is 1. The largest absolute Gasteiger partial charge is 1.00 e. The maximum absolute atomic E-state index is 12.0. The molecule has 10 aromatic rings. The molecule has 0 aliphatic rings. The van der Waals surface area contributed by atoms with E-state index in [1.807, 2.05) is 67.6 Å². The number of carboxylic acids is 1. The van der Waals surface area contributed by atoms with Crippen molar-refractivity contribution in [2.45, 2.75) is 105 Å². The van der Waals surface area contributed by atoms with Crippen LogP contribution in [0.4, 0.5) is 34.1 Å². The molecule has 48 heteroatoms. The number of amides is 1. The Morgan fingerprint density at radius 1 is 0.512 bits per heavy atom. The van der Waals surface area contributed by atoms with E-state index in [0.29, 0.717) is 53.0 Å². The van der Waals surface area contributed by atoms with Crippen molar-refractivity contribution >= 4 is 83.8 Å². The van der Waals surface area contributed by atoms with Gasteiger partial charge in [0, 0.05) is 58.0 Å². The van der Waals surface area contributed by atoms with Crippen LogP contribution >= 0.6 is 0 Å². The molecule has 46 nitrogen and oxygen atoms in total. The van der Waals surface area contributed by atoms with Crippen molar-refractivity contribution < 1.29 is 122 Å². The molecule has 0 aliphatic heterocycles. The summed E-state index contributed by atoms with van der Waals surface area (Å²) in [7, 11) is 7.65. The number of hydrogen-bond acceptors (Lipinski definition) is 38. The van der Waals surface area contributed by atoms with E-state index in [1.165, 1.54) is 68.4 Å². The van der Waals surface area contributed by atoms with Crippen LogP contribution in [0.25, 0.3) is 45.8 Å². The Labute approximate surface area is 707 Å². The number of ether oxygens (including phenoxy) is 2. The SMILES string of the molecule is C.C.C.C.CC(=O)/C(N)=N/O.CCO.CCOC(=O)/C(=N/O)NC(=O)c1cc(C)ccc1[N+](=O)[O-].CCOC(=O)c1noc(-c2cc(C)ccc2[N+](=O)[O-])n1.CN(C)Cc1noc(-c2ccccc2N)n1.CN(C)Cc1noc(-c2ccccc2[N+](=O)[O-])n1.Cc1ccc([N+](=O)[O-])c(-c2nc(CO)no2)c1.Cc1ccc([N+](=O)[O-])c(C(=O)O)c1.[B].[H-].[Li+]. The maximum Gasteiger partial charge on any atom is 1.00 e. The number of nitrogen functional groups attached to an aromatic ring is 1. The van der Waals surface area contributed by atoms with Crippen LogP contribution in [0.3, 0.4) is 0 Å². The number of nitro benzene ring substituents is 5. The number of anilines is 1. The number of ketones is 1. The molecule has 647 valence electrons. The number of nitrogens with one attached hydrogen (secondary N) is 1. The quantitative estimate of drug-likeness (QED) is 0.00526. The van der Waals surface area contributed by atoms with Crippen molar-refractivity contribution in [2.75, 3.05) is 53.7 Å². The molecule has 0 atom stereocenters. The Balaban J connectivity index is -0.000000435. The first kappa shape index (κ1) is 113. The van der Waals surface area contributed by atoms with Crippen LogP contribution in [0, 0.1) is 78.3 Å². The third-order valence-electron chi connectivity index (χ3n) is 13.5. The predicted molar refractivity (Wildman–Crippen MR) is 436 cm³/mol. The van der Waals surface area contributed by atoms with Gasteiger partial charge >= 0.3 is 36.8 Å². The summed E-state index contributed by atoms with van der Waals surface area (Å²) in [5.74, 6) is -4.02. The molecule has 121 heavy (non-hydrogen) atoms. The van der Waals surface area contributed by atoms with Crippen LogP contribution in [0.15, 0.2) is 150 Å². The minimum Gasteiger partial charge on any atom is -1.00 e. The molecule has 10 N–H and O–H groups in total. The van der Waals surface area contributed by atoms with Crippen LogP contribution < -0.4 is 35.6 Å². The average Bonchev–Trinajstić information content (AvgIpc) is 1.84. The van der Waals surface area contributed by atoms with E-state index in [0.717, 1.165) is 16.7 Å². The topological polar surface area (TPSA) is 672 Å². The van der Waals surface area contributed by atoms with Gasteiger partial charge in [0.2, 0.25) is 5.84 Å². The van der Waals surface area contributed by atoms with Gasteiger partial charge in [0.05, 0.1) is 56.5 Å². The van der Waals surface area contributed by atoms with Gasteiger partial charge in [0.1, 0.15) is 34.4 Å². The second-order valence-corrected chi connectivity index (χ2v) is 23.1. The minimum absolute atomic E-state index is 0. The molecule has 6 aromatic carbocycles. The number of amidine groups is 2. The molecular weight excluding hydrogens is 1590 g/mol. The number of carbonyl (C=O) groups excluding carboxylic acids is 4. The standard InChI is InChI=1S/C12H13N3O6.C12H11N3O5.C11H12N4O3.C11H14N4O.C10H9N3O4.C8H7NO4.C3H6N2O2.C2H6O.4CH4.B.Li.H/c1-3-21-12(17)10(14-18)13-11(16)8-6-7(2)4-5-9(8)15(19)20;1-3-19-12(16)10-13-11(20-14-10)8-6-7(2)4-5-9(8)15(17)18;1-14(2)7-10-12-11(18-13-10)8-5-3-4-6-9(8)15(16)17;1-15(2)7-10-13-11(16-14-10)8-5-3-4-6-9(8)12;1-6-2-3-8(13(15)16)7(4-6)10-11-9(5-14)12-17-10;1-5-2-3-7(9(12)13)6(4-5)8(10)11;1-2(6)3(4)5-7;1-2-3;;;;;;;/h4-6,18H,3H2,1-2H3,(H,13,14,16);4-6H,3H2,1-2H3;3-6H,7H2,1-2H3;3-6H,7,12H2,1-2H3;2-4,14H,5H2,1H3;2-4H,1H3,(H,10,11);7H,1H3,(H2,4,5);3H,2H2,1H3;4*1H4;;;/q;;;;;;;;;;;;;+1;-1. The van der Waals surface area contributed by atoms with Gasteiger partial charge in [-0.05, 0) is 147 Å². The molecular formula is C73H95BLiN20O26. The van der Waals surface area contributed by atoms with Gasteiger partial charge < -0.3 is 76.0 Å². The van der Waals surface area contributed by atoms with Crippen molar-refractivity contribution in [1.82, 2.24) is 55.7 Å². The molecule has 0 saturated carbocycles. The number of hydrogen-bond donors (Lipinski definition) is 8. The summed E-state index contributed by atoms with van der Waals surface area (Å²) in [5.41, 5.74) is 14.0. The fraction of sp³-hybridized carbons (Fsp3) is 0.301. The van der Waals surface area contributed by atoms with Gasteiger partial charge in [0.15, 0.2) is 23.3 Å². The number of para-hydroxylation sites is 2. The van der Waals surface area contributed by atoms with Gasteiger partial charge in [-0.2, -0.15) is 19.9 Å². The van der Waals surface area contributed by atoms with Crippen LogP contribution in [-0.4, -0.2) is 198 Å². The van der Waals surface area contributed by atoms with Gasteiger partial charge in [-0.3, -0.25) is 65.5 Å². The number of aryl methyl sites for hydroxylation is 4. The fourth-order valence-corrected chi connectivity index (χ4v) is 8.46. The smallest absolute Gasteiger partial charge is 1.00 e. The van der Waals surface area contributed by atoms with Gasteiger partial charge in [-0.25, -0.2) is 14.4 Å². The number of aromatic nitrogens is 8. The second-order valence-electron chi connectivity index (χ2n) is 23.1. The van der Waals surface area contributed by atoms with E-state index in [4.69, 9.17) is 60.0 Å².